The molecule has 0 amide bonds. The summed E-state index contributed by atoms with van der Waals surface area (Å²) in [6.07, 6.45) is 0. The summed E-state index contributed by atoms with van der Waals surface area (Å²) in [7, 11) is 1.26. The number of benzene rings is 1. The molecule has 13 heavy (non-hydrogen) atoms. The number of rotatable bonds is 3. The molecule has 0 atom stereocenters. The molecule has 0 aliphatic rings. The minimum absolute atomic E-state index is 0.0300. The Hall–Kier alpha value is -0.480. The molecule has 0 radical (unpaired) electrons. The minimum Gasteiger partial charge on any atom is -0.378 e. The van der Waals surface area contributed by atoms with Crippen molar-refractivity contribution < 1.29 is 13.5 Å². The summed E-state index contributed by atoms with van der Waals surface area (Å²) in [5, 5.41) is 0. The molecule has 0 aliphatic carbocycles. The molecule has 0 aromatic heterocycles. The van der Waals surface area contributed by atoms with Crippen LogP contribution in [0.5, 0.6) is 0 Å². The molecule has 0 heterocycles. The Kier molecular flexibility index (Phi) is 3.39. The number of hydrogen-bond acceptors (Lipinski definition) is 1. The van der Waals surface area contributed by atoms with Crippen LogP contribution < -0.4 is 0 Å². The summed E-state index contributed by atoms with van der Waals surface area (Å²) in [5.74, 6) is -2.91. The Morgan fingerprint density at radius 3 is 2.31 bits per heavy atom. The molecular weight excluding hydrogens is 242 g/mol. The van der Waals surface area contributed by atoms with Crippen LogP contribution in [0.15, 0.2) is 28.7 Å². The van der Waals surface area contributed by atoms with Crippen molar-refractivity contribution in [3.63, 3.8) is 0 Å². The van der Waals surface area contributed by atoms with Gasteiger partial charge in [0, 0.05) is 17.1 Å². The van der Waals surface area contributed by atoms with E-state index in [1.165, 1.54) is 19.2 Å². The van der Waals surface area contributed by atoms with Crippen molar-refractivity contribution in [1.29, 1.82) is 0 Å². The fourth-order valence-electron chi connectivity index (χ4n) is 0.958. The van der Waals surface area contributed by atoms with Crippen molar-refractivity contribution in [3.05, 3.63) is 34.3 Å². The quantitative estimate of drug-likeness (QED) is 0.801. The highest BCUT2D eigenvalue weighted by atomic mass is 79.9. The van der Waals surface area contributed by atoms with Crippen LogP contribution in [0.1, 0.15) is 5.56 Å². The van der Waals surface area contributed by atoms with Gasteiger partial charge in [0.05, 0.1) is 0 Å². The number of alkyl halides is 2. The molecule has 1 nitrogen and oxygen atoms in total. The first kappa shape index (κ1) is 10.6. The standard InChI is InChI=1S/C9H9BrF2O/c1-13-6-9(11,12)7-2-4-8(10)5-3-7/h2-5H,6H2,1H3. The second kappa shape index (κ2) is 4.15. The summed E-state index contributed by atoms with van der Waals surface area (Å²) in [6.45, 7) is -0.589. The van der Waals surface area contributed by atoms with Crippen LogP contribution in [-0.4, -0.2) is 13.7 Å². The Labute approximate surface area is 83.8 Å². The highest BCUT2D eigenvalue weighted by Crippen LogP contribution is 2.28. The average molecular weight is 251 g/mol. The first-order valence-electron chi connectivity index (χ1n) is 3.69. The van der Waals surface area contributed by atoms with Gasteiger partial charge in [0.15, 0.2) is 0 Å². The predicted octanol–water partition coefficient (Wildman–Crippen LogP) is 3.19. The zero-order valence-electron chi connectivity index (χ0n) is 7.06. The second-order valence-electron chi connectivity index (χ2n) is 2.64. The van der Waals surface area contributed by atoms with Crippen molar-refractivity contribution in [2.45, 2.75) is 5.92 Å². The van der Waals surface area contributed by atoms with E-state index in [0.717, 1.165) is 4.47 Å². The lowest BCUT2D eigenvalue weighted by atomic mass is 10.1. The van der Waals surface area contributed by atoms with E-state index in [1.54, 1.807) is 12.1 Å². The normalized spacial score (nSPS) is 11.7. The van der Waals surface area contributed by atoms with E-state index >= 15 is 0 Å². The number of hydrogen-bond donors (Lipinski definition) is 0. The molecule has 0 aliphatic heterocycles. The lowest BCUT2D eigenvalue weighted by Crippen LogP contribution is -2.19. The van der Waals surface area contributed by atoms with Gasteiger partial charge < -0.3 is 4.74 Å². The summed E-state index contributed by atoms with van der Waals surface area (Å²) in [4.78, 5) is 0. The fraction of sp³-hybridized carbons (Fsp3) is 0.333. The monoisotopic (exact) mass is 250 g/mol. The number of methoxy groups -OCH3 is 1. The van der Waals surface area contributed by atoms with Gasteiger partial charge in [0.2, 0.25) is 0 Å². The Morgan fingerprint density at radius 1 is 1.31 bits per heavy atom. The maximum Gasteiger partial charge on any atom is 0.296 e. The Balaban J connectivity index is 2.87. The third-order valence-electron chi connectivity index (χ3n) is 1.59. The van der Waals surface area contributed by atoms with Crippen LogP contribution in [0.2, 0.25) is 0 Å². The summed E-state index contributed by atoms with van der Waals surface area (Å²) in [6, 6.07) is 5.92. The smallest absolute Gasteiger partial charge is 0.296 e. The van der Waals surface area contributed by atoms with E-state index in [0.29, 0.717) is 0 Å². The average Bonchev–Trinajstić information content (AvgIpc) is 2.05. The van der Waals surface area contributed by atoms with Crippen molar-refractivity contribution in [1.82, 2.24) is 0 Å². The van der Waals surface area contributed by atoms with Crippen LogP contribution in [0.4, 0.5) is 8.78 Å². The first-order valence-corrected chi connectivity index (χ1v) is 4.48. The molecule has 1 aromatic rings. The molecule has 1 aromatic carbocycles. The van der Waals surface area contributed by atoms with E-state index in [9.17, 15) is 8.78 Å². The number of ether oxygens (including phenoxy) is 1. The third-order valence-corrected chi connectivity index (χ3v) is 2.12. The maximum atomic E-state index is 13.1. The molecule has 0 unspecified atom stereocenters. The minimum atomic E-state index is -2.91. The zero-order valence-corrected chi connectivity index (χ0v) is 8.64. The third kappa shape index (κ3) is 2.74. The molecule has 0 spiro atoms. The van der Waals surface area contributed by atoms with E-state index < -0.39 is 12.5 Å². The molecule has 0 bridgehead atoms. The van der Waals surface area contributed by atoms with Gasteiger partial charge in [-0.15, -0.1) is 0 Å². The summed E-state index contributed by atoms with van der Waals surface area (Å²) in [5.41, 5.74) is -0.0300. The van der Waals surface area contributed by atoms with E-state index in [1.807, 2.05) is 0 Å². The molecule has 1 rings (SSSR count). The topological polar surface area (TPSA) is 9.23 Å². The molecule has 0 fully saturated rings. The van der Waals surface area contributed by atoms with Gasteiger partial charge in [-0.25, -0.2) is 0 Å². The largest absolute Gasteiger partial charge is 0.378 e. The Bertz CT molecular complexity index is 271. The van der Waals surface area contributed by atoms with Crippen LogP contribution in [-0.2, 0) is 10.7 Å². The lowest BCUT2D eigenvalue weighted by molar-refractivity contribution is -0.0698. The number of halogens is 3. The van der Waals surface area contributed by atoms with E-state index in [-0.39, 0.29) is 5.56 Å². The second-order valence-corrected chi connectivity index (χ2v) is 3.56. The Morgan fingerprint density at radius 2 is 1.85 bits per heavy atom. The van der Waals surface area contributed by atoms with E-state index in [2.05, 4.69) is 20.7 Å². The van der Waals surface area contributed by atoms with Gasteiger partial charge in [0.25, 0.3) is 5.92 Å². The fourth-order valence-corrected chi connectivity index (χ4v) is 1.22. The van der Waals surface area contributed by atoms with Crippen molar-refractivity contribution in [3.8, 4) is 0 Å². The maximum absolute atomic E-state index is 13.1. The van der Waals surface area contributed by atoms with Crippen LogP contribution in [0, 0.1) is 0 Å². The van der Waals surface area contributed by atoms with Crippen molar-refractivity contribution in [2.24, 2.45) is 0 Å². The molecule has 0 saturated carbocycles. The van der Waals surface area contributed by atoms with Gasteiger partial charge in [-0.05, 0) is 12.1 Å². The van der Waals surface area contributed by atoms with Gasteiger partial charge in [0.1, 0.15) is 6.61 Å². The summed E-state index contributed by atoms with van der Waals surface area (Å²) >= 11 is 3.18. The van der Waals surface area contributed by atoms with E-state index in [4.69, 9.17) is 0 Å². The lowest BCUT2D eigenvalue weighted by Gasteiger charge is -2.15. The molecule has 0 N–H and O–H groups in total. The highest BCUT2D eigenvalue weighted by Gasteiger charge is 2.30. The zero-order chi connectivity index (χ0) is 9.90. The van der Waals surface area contributed by atoms with Crippen LogP contribution in [0.3, 0.4) is 0 Å². The van der Waals surface area contributed by atoms with Crippen molar-refractivity contribution >= 4 is 15.9 Å². The van der Waals surface area contributed by atoms with Crippen molar-refractivity contribution in [2.75, 3.05) is 13.7 Å². The predicted molar refractivity (Wildman–Crippen MR) is 49.9 cm³/mol. The SMILES string of the molecule is COCC(F)(F)c1ccc(Br)cc1. The van der Waals surface area contributed by atoms with Gasteiger partial charge in [-0.3, -0.25) is 0 Å². The molecular formula is C9H9BrF2O. The van der Waals surface area contributed by atoms with Gasteiger partial charge >= 0.3 is 0 Å². The van der Waals surface area contributed by atoms with Crippen LogP contribution >= 0.6 is 15.9 Å². The summed E-state index contributed by atoms with van der Waals surface area (Å²) < 4.78 is 31.5. The first-order chi connectivity index (χ1) is 6.06. The molecule has 0 saturated heterocycles. The van der Waals surface area contributed by atoms with Gasteiger partial charge in [-0.1, -0.05) is 28.1 Å². The van der Waals surface area contributed by atoms with Gasteiger partial charge in [-0.2, -0.15) is 8.78 Å². The highest BCUT2D eigenvalue weighted by molar-refractivity contribution is 9.10. The molecule has 72 valence electrons. The molecule has 4 heteroatoms. The van der Waals surface area contributed by atoms with Crippen LogP contribution in [0.25, 0.3) is 0 Å².